The lowest BCUT2D eigenvalue weighted by atomic mass is 10.1. The topological polar surface area (TPSA) is 53.5 Å². The molecule has 4 heteroatoms. The van der Waals surface area contributed by atoms with Crippen molar-refractivity contribution in [2.75, 3.05) is 11.9 Å². The zero-order chi connectivity index (χ0) is 13.5. The zero-order valence-electron chi connectivity index (χ0n) is 11.4. The minimum atomic E-state index is -0.146. The number of hydrogen-bond acceptors (Lipinski definition) is 3. The number of amides is 1. The highest BCUT2D eigenvalue weighted by Crippen LogP contribution is 2.15. The van der Waals surface area contributed by atoms with Crippen molar-refractivity contribution in [3.05, 3.63) is 29.3 Å². The SMILES string of the molecule is Cc1ccc(NCC(=O)N/N=C/C(C)C)c(C)c1. The third-order valence-corrected chi connectivity index (χ3v) is 2.38. The highest BCUT2D eigenvalue weighted by molar-refractivity contribution is 5.81. The van der Waals surface area contributed by atoms with Crippen molar-refractivity contribution in [2.45, 2.75) is 27.7 Å². The molecule has 0 saturated carbocycles. The van der Waals surface area contributed by atoms with Crippen LogP contribution in [-0.4, -0.2) is 18.7 Å². The summed E-state index contributed by atoms with van der Waals surface area (Å²) in [4.78, 5) is 11.5. The van der Waals surface area contributed by atoms with Gasteiger partial charge in [-0.15, -0.1) is 0 Å². The fourth-order valence-electron chi connectivity index (χ4n) is 1.49. The average Bonchev–Trinajstić information content (AvgIpc) is 2.27. The van der Waals surface area contributed by atoms with Crippen LogP contribution in [0.5, 0.6) is 0 Å². The Kier molecular flexibility index (Phi) is 5.36. The first kappa shape index (κ1) is 14.2. The van der Waals surface area contributed by atoms with Gasteiger partial charge in [0.25, 0.3) is 5.91 Å². The molecular formula is C14H21N3O. The number of aryl methyl sites for hydroxylation is 2. The summed E-state index contributed by atoms with van der Waals surface area (Å²) in [6, 6.07) is 6.08. The van der Waals surface area contributed by atoms with E-state index in [9.17, 15) is 4.79 Å². The zero-order valence-corrected chi connectivity index (χ0v) is 11.4. The smallest absolute Gasteiger partial charge is 0.259 e. The van der Waals surface area contributed by atoms with Crippen LogP contribution in [0.1, 0.15) is 25.0 Å². The molecular weight excluding hydrogens is 226 g/mol. The predicted octanol–water partition coefficient (Wildman–Crippen LogP) is 2.47. The van der Waals surface area contributed by atoms with Crippen molar-refractivity contribution in [3.8, 4) is 0 Å². The molecule has 1 aromatic carbocycles. The summed E-state index contributed by atoms with van der Waals surface area (Å²) in [5, 5.41) is 6.95. The molecule has 0 saturated heterocycles. The van der Waals surface area contributed by atoms with E-state index in [-0.39, 0.29) is 12.5 Å². The van der Waals surface area contributed by atoms with Crippen molar-refractivity contribution in [3.63, 3.8) is 0 Å². The van der Waals surface area contributed by atoms with Gasteiger partial charge in [-0.1, -0.05) is 31.5 Å². The Hall–Kier alpha value is -1.84. The standard InChI is InChI=1S/C14H21N3O/c1-10(2)8-16-17-14(18)9-15-13-6-5-11(3)7-12(13)4/h5-8,10,15H,9H2,1-4H3,(H,17,18)/b16-8+. The van der Waals surface area contributed by atoms with Crippen LogP contribution < -0.4 is 10.7 Å². The lowest BCUT2D eigenvalue weighted by Gasteiger charge is -2.09. The van der Waals surface area contributed by atoms with E-state index >= 15 is 0 Å². The van der Waals surface area contributed by atoms with Gasteiger partial charge in [-0.3, -0.25) is 4.79 Å². The summed E-state index contributed by atoms with van der Waals surface area (Å²) >= 11 is 0. The Morgan fingerprint density at radius 2 is 2.11 bits per heavy atom. The van der Waals surface area contributed by atoms with Gasteiger partial charge in [-0.2, -0.15) is 5.10 Å². The fraction of sp³-hybridized carbons (Fsp3) is 0.429. The monoisotopic (exact) mass is 247 g/mol. The number of hydrazone groups is 1. The molecule has 0 spiro atoms. The third-order valence-electron chi connectivity index (χ3n) is 2.38. The number of benzene rings is 1. The average molecular weight is 247 g/mol. The molecule has 0 aliphatic carbocycles. The Labute approximate surface area is 108 Å². The van der Waals surface area contributed by atoms with Crippen LogP contribution in [0.2, 0.25) is 0 Å². The summed E-state index contributed by atoms with van der Waals surface area (Å²) in [6.07, 6.45) is 1.70. The van der Waals surface area contributed by atoms with Crippen LogP contribution in [0.15, 0.2) is 23.3 Å². The molecule has 0 unspecified atom stereocenters. The maximum atomic E-state index is 11.5. The number of nitrogens with one attached hydrogen (secondary N) is 2. The van der Waals surface area contributed by atoms with Crippen LogP contribution in [0.25, 0.3) is 0 Å². The molecule has 0 bridgehead atoms. The lowest BCUT2D eigenvalue weighted by Crippen LogP contribution is -2.26. The van der Waals surface area contributed by atoms with Gasteiger partial charge in [0, 0.05) is 11.9 Å². The van der Waals surface area contributed by atoms with Crippen LogP contribution in [0.4, 0.5) is 5.69 Å². The van der Waals surface area contributed by atoms with Crippen molar-refractivity contribution >= 4 is 17.8 Å². The van der Waals surface area contributed by atoms with Gasteiger partial charge in [0.15, 0.2) is 0 Å². The quantitative estimate of drug-likeness (QED) is 0.620. The first-order valence-corrected chi connectivity index (χ1v) is 6.12. The first-order chi connectivity index (χ1) is 8.49. The second-order valence-electron chi connectivity index (χ2n) is 4.73. The minimum Gasteiger partial charge on any atom is -0.376 e. The van der Waals surface area contributed by atoms with Crippen LogP contribution in [0, 0.1) is 19.8 Å². The van der Waals surface area contributed by atoms with Crippen molar-refractivity contribution < 1.29 is 4.79 Å². The fourth-order valence-corrected chi connectivity index (χ4v) is 1.49. The van der Waals surface area contributed by atoms with E-state index in [1.54, 1.807) is 6.21 Å². The van der Waals surface area contributed by atoms with Crippen molar-refractivity contribution in [1.82, 2.24) is 5.43 Å². The highest BCUT2D eigenvalue weighted by atomic mass is 16.2. The summed E-state index contributed by atoms with van der Waals surface area (Å²) in [7, 11) is 0. The highest BCUT2D eigenvalue weighted by Gasteiger charge is 2.02. The number of carbonyl (C=O) groups excluding carboxylic acids is 1. The molecule has 0 aliphatic heterocycles. The van der Waals surface area contributed by atoms with E-state index < -0.39 is 0 Å². The molecule has 0 aromatic heterocycles. The molecule has 0 heterocycles. The van der Waals surface area contributed by atoms with Gasteiger partial charge in [0.2, 0.25) is 0 Å². The summed E-state index contributed by atoms with van der Waals surface area (Å²) in [5.74, 6) is 0.185. The Balaban J connectivity index is 2.43. The van der Waals surface area contributed by atoms with Gasteiger partial charge in [-0.25, -0.2) is 5.43 Å². The molecule has 1 aromatic rings. The number of hydrogen-bond donors (Lipinski definition) is 2. The number of carbonyl (C=O) groups is 1. The van der Waals surface area contributed by atoms with Gasteiger partial charge in [0.05, 0.1) is 6.54 Å². The third kappa shape index (κ3) is 4.99. The Morgan fingerprint density at radius 3 is 2.72 bits per heavy atom. The number of nitrogens with zero attached hydrogens (tertiary/aromatic N) is 1. The normalized spacial score (nSPS) is 10.9. The molecule has 18 heavy (non-hydrogen) atoms. The van der Waals surface area contributed by atoms with E-state index in [4.69, 9.17) is 0 Å². The van der Waals surface area contributed by atoms with Gasteiger partial charge < -0.3 is 5.32 Å². The van der Waals surface area contributed by atoms with Crippen molar-refractivity contribution in [2.24, 2.45) is 11.0 Å². The maximum Gasteiger partial charge on any atom is 0.259 e. The predicted molar refractivity (Wildman–Crippen MR) is 75.9 cm³/mol. The van der Waals surface area contributed by atoms with E-state index in [2.05, 4.69) is 21.9 Å². The number of rotatable bonds is 5. The summed E-state index contributed by atoms with van der Waals surface area (Å²) < 4.78 is 0. The second kappa shape index (κ2) is 6.79. The first-order valence-electron chi connectivity index (χ1n) is 6.12. The molecule has 0 fully saturated rings. The molecule has 0 atom stereocenters. The second-order valence-corrected chi connectivity index (χ2v) is 4.73. The van der Waals surface area contributed by atoms with E-state index in [1.807, 2.05) is 39.8 Å². The maximum absolute atomic E-state index is 11.5. The number of anilines is 1. The minimum absolute atomic E-state index is 0.146. The summed E-state index contributed by atoms with van der Waals surface area (Å²) in [5.41, 5.74) is 5.80. The molecule has 2 N–H and O–H groups in total. The molecule has 98 valence electrons. The molecule has 4 nitrogen and oxygen atoms in total. The molecule has 0 aliphatic rings. The summed E-state index contributed by atoms with van der Waals surface area (Å²) in [6.45, 7) is 8.29. The molecule has 0 radical (unpaired) electrons. The molecule has 1 rings (SSSR count). The van der Waals surface area contributed by atoms with Gasteiger partial charge in [-0.05, 0) is 31.4 Å². The molecule has 1 amide bonds. The largest absolute Gasteiger partial charge is 0.376 e. The van der Waals surface area contributed by atoms with Gasteiger partial charge in [0.1, 0.15) is 0 Å². The van der Waals surface area contributed by atoms with Gasteiger partial charge >= 0.3 is 0 Å². The van der Waals surface area contributed by atoms with E-state index in [0.717, 1.165) is 11.3 Å². The van der Waals surface area contributed by atoms with E-state index in [0.29, 0.717) is 5.92 Å². The Morgan fingerprint density at radius 1 is 1.39 bits per heavy atom. The van der Waals surface area contributed by atoms with Crippen LogP contribution >= 0.6 is 0 Å². The van der Waals surface area contributed by atoms with Crippen LogP contribution in [0.3, 0.4) is 0 Å². The Bertz CT molecular complexity index is 439. The van der Waals surface area contributed by atoms with E-state index in [1.165, 1.54) is 5.56 Å². The van der Waals surface area contributed by atoms with Crippen LogP contribution in [-0.2, 0) is 4.79 Å². The lowest BCUT2D eigenvalue weighted by molar-refractivity contribution is -0.119. The van der Waals surface area contributed by atoms with Crippen molar-refractivity contribution in [1.29, 1.82) is 0 Å².